The highest BCUT2D eigenvalue weighted by atomic mass is 32.2. The van der Waals surface area contributed by atoms with Crippen molar-refractivity contribution in [2.75, 3.05) is 13.7 Å². The fourth-order valence-corrected chi connectivity index (χ4v) is 3.89. The molecule has 0 unspecified atom stereocenters. The van der Waals surface area contributed by atoms with Crippen molar-refractivity contribution in [2.45, 2.75) is 6.92 Å². The Hall–Kier alpha value is -1.85. The Morgan fingerprint density at radius 3 is 2.59 bits per heavy atom. The second-order valence-electron chi connectivity index (χ2n) is 4.83. The number of benzene rings is 2. The van der Waals surface area contributed by atoms with Crippen molar-refractivity contribution in [1.29, 1.82) is 0 Å². The quantitative estimate of drug-likeness (QED) is 0.627. The molecule has 1 fully saturated rings. The lowest BCUT2D eigenvalue weighted by atomic mass is 10.0. The third-order valence-electron chi connectivity index (χ3n) is 3.61. The number of fused-ring (bicyclic) bond motifs is 1. The Labute approximate surface area is 138 Å². The molecule has 1 heterocycles. The topological polar surface area (TPSA) is 29.5 Å². The zero-order valence-electron chi connectivity index (χ0n) is 12.3. The van der Waals surface area contributed by atoms with Gasteiger partial charge < -0.3 is 4.74 Å². The number of likely N-dealkylation sites (N-methyl/N-ethyl adjacent to an activating group) is 1. The first-order valence-electron chi connectivity index (χ1n) is 6.96. The number of hydrogen-bond donors (Lipinski definition) is 0. The van der Waals surface area contributed by atoms with Gasteiger partial charge in [-0.2, -0.15) is 0 Å². The molecule has 1 saturated heterocycles. The van der Waals surface area contributed by atoms with Crippen LogP contribution in [0, 0.1) is 0 Å². The van der Waals surface area contributed by atoms with Crippen LogP contribution in [-0.2, 0) is 4.79 Å². The highest BCUT2D eigenvalue weighted by molar-refractivity contribution is 8.26. The van der Waals surface area contributed by atoms with Gasteiger partial charge in [0.25, 0.3) is 5.91 Å². The second-order valence-corrected chi connectivity index (χ2v) is 6.50. The Balaban J connectivity index is 2.11. The SMILES string of the molecule is CCN1C(=O)/C(=C/c2ccc(OC)c3ccccc23)SC1=S. The minimum Gasteiger partial charge on any atom is -0.496 e. The van der Waals surface area contributed by atoms with Crippen LogP contribution in [0.5, 0.6) is 5.75 Å². The number of carbonyl (C=O) groups is 1. The summed E-state index contributed by atoms with van der Waals surface area (Å²) in [6, 6.07) is 11.9. The highest BCUT2D eigenvalue weighted by Gasteiger charge is 2.30. The van der Waals surface area contributed by atoms with Gasteiger partial charge in [-0.25, -0.2) is 0 Å². The van der Waals surface area contributed by atoms with Crippen LogP contribution in [0.4, 0.5) is 0 Å². The second kappa shape index (κ2) is 6.10. The van der Waals surface area contributed by atoms with Gasteiger partial charge in [-0.3, -0.25) is 9.69 Å². The van der Waals surface area contributed by atoms with Crippen LogP contribution in [0.1, 0.15) is 12.5 Å². The van der Waals surface area contributed by atoms with Crippen LogP contribution in [0.3, 0.4) is 0 Å². The van der Waals surface area contributed by atoms with Crippen LogP contribution in [-0.4, -0.2) is 28.8 Å². The average molecular weight is 329 g/mol. The van der Waals surface area contributed by atoms with Crippen LogP contribution in [0.2, 0.25) is 0 Å². The first-order chi connectivity index (χ1) is 10.7. The third kappa shape index (κ3) is 2.51. The largest absolute Gasteiger partial charge is 0.496 e. The predicted molar refractivity (Wildman–Crippen MR) is 96.1 cm³/mol. The van der Waals surface area contributed by atoms with Gasteiger partial charge in [-0.15, -0.1) is 0 Å². The monoisotopic (exact) mass is 329 g/mol. The van der Waals surface area contributed by atoms with E-state index in [4.69, 9.17) is 17.0 Å². The van der Waals surface area contributed by atoms with Crippen molar-refractivity contribution >= 4 is 51.1 Å². The summed E-state index contributed by atoms with van der Waals surface area (Å²) in [4.78, 5) is 14.6. The molecule has 112 valence electrons. The Bertz CT molecular complexity index is 798. The van der Waals surface area contributed by atoms with Gasteiger partial charge >= 0.3 is 0 Å². The van der Waals surface area contributed by atoms with Crippen LogP contribution >= 0.6 is 24.0 Å². The molecule has 0 aromatic heterocycles. The molecule has 22 heavy (non-hydrogen) atoms. The van der Waals surface area contributed by atoms with E-state index in [9.17, 15) is 4.79 Å². The van der Waals surface area contributed by atoms with E-state index in [1.807, 2.05) is 49.4 Å². The Morgan fingerprint density at radius 2 is 1.95 bits per heavy atom. The van der Waals surface area contributed by atoms with E-state index in [0.717, 1.165) is 22.1 Å². The van der Waals surface area contributed by atoms with Gasteiger partial charge in [0.15, 0.2) is 0 Å². The lowest BCUT2D eigenvalue weighted by Gasteiger charge is -2.10. The standard InChI is InChI=1S/C17H15NO2S2/c1-3-18-16(19)15(22-17(18)21)10-11-8-9-14(20-2)13-7-5-4-6-12(11)13/h4-10H,3H2,1-2H3/b15-10-. The minimum atomic E-state index is -0.0163. The maximum Gasteiger partial charge on any atom is 0.266 e. The zero-order chi connectivity index (χ0) is 15.7. The zero-order valence-corrected chi connectivity index (χ0v) is 14.0. The molecule has 3 rings (SSSR count). The molecule has 0 bridgehead atoms. The van der Waals surface area contributed by atoms with Gasteiger partial charge in [-0.05, 0) is 30.0 Å². The summed E-state index contributed by atoms with van der Waals surface area (Å²) in [5, 5.41) is 2.09. The molecule has 0 radical (unpaired) electrons. The van der Waals surface area contributed by atoms with Crippen LogP contribution in [0.15, 0.2) is 41.3 Å². The number of nitrogens with zero attached hydrogens (tertiary/aromatic N) is 1. The van der Waals surface area contributed by atoms with Crippen molar-refractivity contribution in [1.82, 2.24) is 4.90 Å². The number of thiocarbonyl (C=S) groups is 1. The smallest absolute Gasteiger partial charge is 0.266 e. The van der Waals surface area contributed by atoms with E-state index >= 15 is 0 Å². The number of carbonyl (C=O) groups excluding carboxylic acids is 1. The van der Waals surface area contributed by atoms with Crippen LogP contribution < -0.4 is 4.74 Å². The summed E-state index contributed by atoms with van der Waals surface area (Å²) >= 11 is 6.61. The van der Waals surface area contributed by atoms with E-state index < -0.39 is 0 Å². The van der Waals surface area contributed by atoms with Crippen molar-refractivity contribution in [3.63, 3.8) is 0 Å². The third-order valence-corrected chi connectivity index (χ3v) is 4.99. The molecule has 1 amide bonds. The first-order valence-corrected chi connectivity index (χ1v) is 8.19. The van der Waals surface area contributed by atoms with Crippen molar-refractivity contribution < 1.29 is 9.53 Å². The summed E-state index contributed by atoms with van der Waals surface area (Å²) < 4.78 is 6.03. The summed E-state index contributed by atoms with van der Waals surface area (Å²) in [6.07, 6.45) is 1.91. The van der Waals surface area contributed by atoms with Gasteiger partial charge in [0.1, 0.15) is 10.1 Å². The van der Waals surface area contributed by atoms with Crippen LogP contribution in [0.25, 0.3) is 16.8 Å². The molecule has 3 nitrogen and oxygen atoms in total. The van der Waals surface area contributed by atoms with Gasteiger partial charge in [0.2, 0.25) is 0 Å². The van der Waals surface area contributed by atoms with Gasteiger partial charge in [0, 0.05) is 11.9 Å². The maximum atomic E-state index is 12.3. The molecule has 0 spiro atoms. The lowest BCUT2D eigenvalue weighted by Crippen LogP contribution is -2.27. The summed E-state index contributed by atoms with van der Waals surface area (Å²) in [5.74, 6) is 0.811. The number of hydrogen-bond acceptors (Lipinski definition) is 4. The Morgan fingerprint density at radius 1 is 1.23 bits per heavy atom. The molecule has 0 atom stereocenters. The number of ether oxygens (including phenoxy) is 1. The normalized spacial score (nSPS) is 16.8. The van der Waals surface area contributed by atoms with E-state index in [0.29, 0.717) is 15.8 Å². The number of methoxy groups -OCH3 is 1. The van der Waals surface area contributed by atoms with Crippen molar-refractivity contribution in [3.05, 3.63) is 46.9 Å². The average Bonchev–Trinajstić information content (AvgIpc) is 2.81. The summed E-state index contributed by atoms with van der Waals surface area (Å²) in [5.41, 5.74) is 0.994. The molecular formula is C17H15NO2S2. The first kappa shape index (κ1) is 15.1. The fourth-order valence-electron chi connectivity index (χ4n) is 2.51. The lowest BCUT2D eigenvalue weighted by molar-refractivity contribution is -0.121. The highest BCUT2D eigenvalue weighted by Crippen LogP contribution is 2.35. The van der Waals surface area contributed by atoms with Crippen molar-refractivity contribution in [3.8, 4) is 5.75 Å². The number of thioether (sulfide) groups is 1. The summed E-state index contributed by atoms with van der Waals surface area (Å²) in [6.45, 7) is 2.53. The molecule has 0 N–H and O–H groups in total. The van der Waals surface area contributed by atoms with E-state index in [1.54, 1.807) is 12.0 Å². The molecule has 2 aromatic carbocycles. The molecule has 1 aliphatic rings. The van der Waals surface area contributed by atoms with E-state index in [1.165, 1.54) is 11.8 Å². The molecule has 5 heteroatoms. The fraction of sp³-hybridized carbons (Fsp3) is 0.176. The number of rotatable bonds is 3. The van der Waals surface area contributed by atoms with E-state index in [-0.39, 0.29) is 5.91 Å². The predicted octanol–water partition coefficient (Wildman–Crippen LogP) is 4.07. The molecule has 0 saturated carbocycles. The van der Waals surface area contributed by atoms with E-state index in [2.05, 4.69) is 0 Å². The minimum absolute atomic E-state index is 0.0163. The van der Waals surface area contributed by atoms with Crippen molar-refractivity contribution in [2.24, 2.45) is 0 Å². The Kier molecular flexibility index (Phi) is 4.18. The molecular weight excluding hydrogens is 314 g/mol. The van der Waals surface area contributed by atoms with Gasteiger partial charge in [0.05, 0.1) is 12.0 Å². The maximum absolute atomic E-state index is 12.3. The van der Waals surface area contributed by atoms with Gasteiger partial charge in [-0.1, -0.05) is 54.3 Å². The summed E-state index contributed by atoms with van der Waals surface area (Å²) in [7, 11) is 1.66. The molecule has 0 aliphatic carbocycles. The molecule has 2 aromatic rings. The number of amides is 1. The molecule has 1 aliphatic heterocycles.